The van der Waals surface area contributed by atoms with Crippen LogP contribution in [0.5, 0.6) is 5.75 Å². The molecule has 0 saturated heterocycles. The second kappa shape index (κ2) is 7.85. The van der Waals surface area contributed by atoms with E-state index in [0.717, 1.165) is 21.3 Å². The van der Waals surface area contributed by atoms with Crippen LogP contribution in [-0.4, -0.2) is 47.6 Å². The van der Waals surface area contributed by atoms with E-state index in [0.29, 0.717) is 5.56 Å². The molecule has 0 aliphatic rings. The Labute approximate surface area is 165 Å². The van der Waals surface area contributed by atoms with Crippen LogP contribution in [0.2, 0.25) is 10.0 Å². The zero-order valence-corrected chi connectivity index (χ0v) is 16.9. The van der Waals surface area contributed by atoms with Crippen LogP contribution in [0.3, 0.4) is 0 Å². The van der Waals surface area contributed by atoms with E-state index >= 15 is 0 Å². The van der Waals surface area contributed by atoms with Crippen LogP contribution in [0.4, 0.5) is 5.69 Å². The van der Waals surface area contributed by atoms with E-state index in [2.05, 4.69) is 10.4 Å². The molecule has 0 saturated carbocycles. The van der Waals surface area contributed by atoms with Gasteiger partial charge in [-0.3, -0.25) is 9.59 Å². The summed E-state index contributed by atoms with van der Waals surface area (Å²) in [6, 6.07) is 2.36. The molecule has 0 aliphatic heterocycles. The number of aryl methyl sites for hydroxylation is 1. The molecule has 1 aromatic heterocycles. The highest BCUT2D eigenvalue weighted by atomic mass is 35.5. The van der Waals surface area contributed by atoms with Gasteiger partial charge in [0.2, 0.25) is 15.9 Å². The molecule has 1 heterocycles. The SMILES string of the molecule is Cc1cc(O)c(NC(=O)Cn2ncc(Cl)c(Cl)c2=O)cc1S(=O)(=O)N(C)C. The van der Waals surface area contributed by atoms with Crippen molar-refractivity contribution in [3.63, 3.8) is 0 Å². The van der Waals surface area contributed by atoms with E-state index in [1.54, 1.807) is 0 Å². The maximum absolute atomic E-state index is 12.4. The van der Waals surface area contributed by atoms with Crippen LogP contribution in [0.25, 0.3) is 0 Å². The number of carbonyl (C=O) groups excluding carboxylic acids is 1. The maximum Gasteiger partial charge on any atom is 0.287 e. The van der Waals surface area contributed by atoms with Gasteiger partial charge in [0.15, 0.2) is 0 Å². The molecule has 1 aromatic carbocycles. The number of hydrogen-bond donors (Lipinski definition) is 2. The Bertz CT molecular complexity index is 1070. The molecule has 2 N–H and O–H groups in total. The lowest BCUT2D eigenvalue weighted by Gasteiger charge is -2.16. The summed E-state index contributed by atoms with van der Waals surface area (Å²) in [5, 5.41) is 15.7. The highest BCUT2D eigenvalue weighted by Gasteiger charge is 2.22. The number of halogens is 2. The molecule has 9 nitrogen and oxygen atoms in total. The highest BCUT2D eigenvalue weighted by molar-refractivity contribution is 7.89. The van der Waals surface area contributed by atoms with Gasteiger partial charge in [-0.2, -0.15) is 5.10 Å². The normalized spacial score (nSPS) is 11.6. The van der Waals surface area contributed by atoms with Crippen molar-refractivity contribution < 1.29 is 18.3 Å². The van der Waals surface area contributed by atoms with E-state index in [4.69, 9.17) is 23.2 Å². The number of aromatic nitrogens is 2. The average Bonchev–Trinajstić information content (AvgIpc) is 2.57. The molecule has 1 amide bonds. The summed E-state index contributed by atoms with van der Waals surface area (Å²) in [7, 11) is -1.06. The maximum atomic E-state index is 12.4. The molecule has 12 heteroatoms. The molecule has 0 aliphatic carbocycles. The third kappa shape index (κ3) is 4.41. The molecule has 146 valence electrons. The summed E-state index contributed by atoms with van der Waals surface area (Å²) in [4.78, 5) is 24.0. The standard InChI is InChI=1S/C15H16Cl2N4O5S/c1-8-4-11(22)10(5-12(8)27(25,26)20(2)3)19-13(23)7-21-15(24)14(17)9(16)6-18-21/h4-6,22H,7H2,1-3H3,(H,19,23). The van der Waals surface area contributed by atoms with Crippen molar-refractivity contribution in [3.8, 4) is 5.75 Å². The van der Waals surface area contributed by atoms with E-state index in [1.807, 2.05) is 0 Å². The predicted octanol–water partition coefficient (Wildman–Crippen LogP) is 1.45. The zero-order valence-electron chi connectivity index (χ0n) is 14.5. The van der Waals surface area contributed by atoms with E-state index in [1.165, 1.54) is 27.1 Å². The van der Waals surface area contributed by atoms with Crippen molar-refractivity contribution in [2.45, 2.75) is 18.4 Å². The molecule has 0 unspecified atom stereocenters. The quantitative estimate of drug-likeness (QED) is 0.686. The number of sulfonamides is 1. The Morgan fingerprint density at radius 1 is 1.33 bits per heavy atom. The fourth-order valence-electron chi connectivity index (χ4n) is 2.13. The van der Waals surface area contributed by atoms with Gasteiger partial charge in [0.05, 0.1) is 21.8 Å². The Kier molecular flexibility index (Phi) is 6.15. The summed E-state index contributed by atoms with van der Waals surface area (Å²) in [5.74, 6) is -1.05. The number of carbonyl (C=O) groups is 1. The number of rotatable bonds is 5. The first-order valence-corrected chi connectivity index (χ1v) is 9.62. The van der Waals surface area contributed by atoms with Crippen LogP contribution in [-0.2, 0) is 21.4 Å². The predicted molar refractivity (Wildman–Crippen MR) is 101 cm³/mol. The molecule has 27 heavy (non-hydrogen) atoms. The number of anilines is 1. The first-order valence-electron chi connectivity index (χ1n) is 7.42. The molecular formula is C15H16Cl2N4O5S. The van der Waals surface area contributed by atoms with Gasteiger partial charge in [0.25, 0.3) is 5.56 Å². The molecular weight excluding hydrogens is 419 g/mol. The van der Waals surface area contributed by atoms with Gasteiger partial charge >= 0.3 is 0 Å². The van der Waals surface area contributed by atoms with E-state index in [-0.39, 0.29) is 26.4 Å². The lowest BCUT2D eigenvalue weighted by atomic mass is 10.2. The summed E-state index contributed by atoms with van der Waals surface area (Å²) in [5.41, 5.74) is -0.580. The number of benzene rings is 1. The number of phenols is 1. The fraction of sp³-hybridized carbons (Fsp3) is 0.267. The molecule has 0 radical (unpaired) electrons. The van der Waals surface area contributed by atoms with Crippen LogP contribution in [0, 0.1) is 6.92 Å². The monoisotopic (exact) mass is 434 g/mol. The second-order valence-corrected chi connectivity index (χ2v) is 8.65. The van der Waals surface area contributed by atoms with Crippen molar-refractivity contribution >= 4 is 44.8 Å². The van der Waals surface area contributed by atoms with Crippen LogP contribution < -0.4 is 10.9 Å². The van der Waals surface area contributed by atoms with E-state index < -0.39 is 28.0 Å². The van der Waals surface area contributed by atoms with Crippen LogP contribution in [0.15, 0.2) is 28.0 Å². The first-order chi connectivity index (χ1) is 12.4. The molecule has 0 spiro atoms. The number of nitrogens with one attached hydrogen (secondary N) is 1. The molecule has 2 aromatic rings. The second-order valence-electron chi connectivity index (χ2n) is 5.74. The number of hydrogen-bond acceptors (Lipinski definition) is 6. The summed E-state index contributed by atoms with van der Waals surface area (Å²) in [6.45, 7) is 1.000. The van der Waals surface area contributed by atoms with Gasteiger partial charge < -0.3 is 10.4 Å². The largest absolute Gasteiger partial charge is 0.506 e. The van der Waals surface area contributed by atoms with E-state index in [9.17, 15) is 23.1 Å². The third-order valence-electron chi connectivity index (χ3n) is 3.56. The summed E-state index contributed by atoms with van der Waals surface area (Å²) >= 11 is 11.4. The van der Waals surface area contributed by atoms with Gasteiger partial charge in [-0.05, 0) is 24.6 Å². The summed E-state index contributed by atoms with van der Waals surface area (Å²) in [6.07, 6.45) is 1.11. The highest BCUT2D eigenvalue weighted by Crippen LogP contribution is 2.30. The van der Waals surface area contributed by atoms with Crippen molar-refractivity contribution in [1.29, 1.82) is 0 Å². The number of aromatic hydroxyl groups is 1. The van der Waals surface area contributed by atoms with Gasteiger partial charge in [-0.15, -0.1) is 0 Å². The Morgan fingerprint density at radius 3 is 2.56 bits per heavy atom. The number of amides is 1. The lowest BCUT2D eigenvalue weighted by molar-refractivity contribution is -0.117. The van der Waals surface area contributed by atoms with Crippen molar-refractivity contribution in [2.24, 2.45) is 0 Å². The lowest BCUT2D eigenvalue weighted by Crippen LogP contribution is -2.30. The molecule has 2 rings (SSSR count). The minimum atomic E-state index is -3.79. The first kappa shape index (κ1) is 21.2. The number of phenolic OH excluding ortho intramolecular Hbond substituents is 1. The molecule has 0 fully saturated rings. The Balaban J connectivity index is 2.34. The zero-order chi connectivity index (χ0) is 20.5. The Morgan fingerprint density at radius 2 is 1.96 bits per heavy atom. The number of nitrogens with zero attached hydrogens (tertiary/aromatic N) is 3. The summed E-state index contributed by atoms with van der Waals surface area (Å²) < 4.78 is 26.5. The fourth-order valence-corrected chi connectivity index (χ4v) is 3.53. The van der Waals surface area contributed by atoms with Crippen molar-refractivity contribution in [2.75, 3.05) is 19.4 Å². The molecule has 0 atom stereocenters. The minimum absolute atomic E-state index is 0.0481. The van der Waals surface area contributed by atoms with Gasteiger partial charge in [0, 0.05) is 14.1 Å². The van der Waals surface area contributed by atoms with Crippen LogP contribution in [0.1, 0.15) is 5.56 Å². The molecule has 0 bridgehead atoms. The van der Waals surface area contributed by atoms with Gasteiger partial charge in [0.1, 0.15) is 17.3 Å². The average molecular weight is 435 g/mol. The van der Waals surface area contributed by atoms with Crippen molar-refractivity contribution in [1.82, 2.24) is 14.1 Å². The third-order valence-corrected chi connectivity index (χ3v) is 6.27. The smallest absolute Gasteiger partial charge is 0.287 e. The van der Waals surface area contributed by atoms with Crippen LogP contribution >= 0.6 is 23.2 Å². The van der Waals surface area contributed by atoms with Gasteiger partial charge in [-0.1, -0.05) is 23.2 Å². The topological polar surface area (TPSA) is 122 Å². The minimum Gasteiger partial charge on any atom is -0.506 e. The Hall–Kier alpha value is -2.14. The van der Waals surface area contributed by atoms with Gasteiger partial charge in [-0.25, -0.2) is 17.4 Å². The van der Waals surface area contributed by atoms with Crippen molar-refractivity contribution in [3.05, 3.63) is 44.3 Å².